The van der Waals surface area contributed by atoms with Crippen molar-refractivity contribution >= 4 is 11.9 Å². The van der Waals surface area contributed by atoms with Gasteiger partial charge in [0.05, 0.1) is 24.4 Å². The zero-order chi connectivity index (χ0) is 18.8. The van der Waals surface area contributed by atoms with Crippen LogP contribution < -0.4 is 4.74 Å². The van der Waals surface area contributed by atoms with E-state index >= 15 is 0 Å². The molecule has 0 saturated heterocycles. The highest BCUT2D eigenvalue weighted by molar-refractivity contribution is 5.81. The van der Waals surface area contributed by atoms with E-state index in [1.165, 1.54) is 0 Å². The van der Waals surface area contributed by atoms with Crippen molar-refractivity contribution in [1.29, 1.82) is 0 Å². The molecule has 142 valence electrons. The molecule has 2 aliphatic heterocycles. The summed E-state index contributed by atoms with van der Waals surface area (Å²) in [7, 11) is 0. The Balaban J connectivity index is 1.45. The second kappa shape index (κ2) is 7.42. The molecule has 4 rings (SSSR count). The quantitative estimate of drug-likeness (QED) is 0.891. The maximum absolute atomic E-state index is 13.0. The number of fused-ring (bicyclic) bond motifs is 2. The molecule has 1 amide bonds. The lowest BCUT2D eigenvalue weighted by Crippen LogP contribution is -2.43. The summed E-state index contributed by atoms with van der Waals surface area (Å²) >= 11 is 0. The van der Waals surface area contributed by atoms with E-state index in [-0.39, 0.29) is 12.3 Å². The molecule has 7 nitrogen and oxygen atoms in total. The number of carboxylic acids is 1. The van der Waals surface area contributed by atoms with E-state index in [1.54, 1.807) is 0 Å². The van der Waals surface area contributed by atoms with Gasteiger partial charge < -0.3 is 14.7 Å². The summed E-state index contributed by atoms with van der Waals surface area (Å²) < 4.78 is 7.87. The van der Waals surface area contributed by atoms with Crippen LogP contribution >= 0.6 is 0 Å². The van der Waals surface area contributed by atoms with Crippen LogP contribution in [0.15, 0.2) is 30.3 Å². The first-order valence-corrected chi connectivity index (χ1v) is 9.41. The van der Waals surface area contributed by atoms with Crippen molar-refractivity contribution in [3.05, 3.63) is 47.3 Å². The second-order valence-corrected chi connectivity index (χ2v) is 7.11. The number of rotatable bonds is 4. The van der Waals surface area contributed by atoms with Crippen molar-refractivity contribution in [2.24, 2.45) is 0 Å². The standard InChI is InChI=1S/C20H23N3O4/c24-19(25)9-7-15-12-16-13-22(10-3-11-23(16)21-15)20(26)18-8-6-14-4-1-2-5-17(14)27-18/h1-2,4-5,12,18H,3,6-11,13H2,(H,24,25). The molecule has 0 fully saturated rings. The van der Waals surface area contributed by atoms with E-state index in [2.05, 4.69) is 5.10 Å². The number of benzene rings is 1. The zero-order valence-corrected chi connectivity index (χ0v) is 15.1. The summed E-state index contributed by atoms with van der Waals surface area (Å²) in [5.41, 5.74) is 2.88. The number of ether oxygens (including phenoxy) is 1. The molecule has 1 N–H and O–H groups in total. The summed E-state index contributed by atoms with van der Waals surface area (Å²) in [5, 5.41) is 13.4. The summed E-state index contributed by atoms with van der Waals surface area (Å²) in [5.74, 6) is -0.00566. The van der Waals surface area contributed by atoms with E-state index in [9.17, 15) is 9.59 Å². The molecule has 1 aromatic heterocycles. The fourth-order valence-corrected chi connectivity index (χ4v) is 3.77. The van der Waals surface area contributed by atoms with Crippen molar-refractivity contribution in [3.8, 4) is 5.75 Å². The van der Waals surface area contributed by atoms with Crippen molar-refractivity contribution in [2.45, 2.75) is 51.3 Å². The molecule has 1 unspecified atom stereocenters. The molecule has 2 aromatic rings. The minimum Gasteiger partial charge on any atom is -0.481 e. The fourth-order valence-electron chi connectivity index (χ4n) is 3.77. The minimum atomic E-state index is -0.829. The van der Waals surface area contributed by atoms with Gasteiger partial charge in [-0.3, -0.25) is 14.3 Å². The Morgan fingerprint density at radius 3 is 2.96 bits per heavy atom. The van der Waals surface area contributed by atoms with Crippen LogP contribution in [-0.2, 0) is 35.5 Å². The van der Waals surface area contributed by atoms with Gasteiger partial charge in [-0.25, -0.2) is 0 Å². The molecule has 0 bridgehead atoms. The number of para-hydroxylation sites is 1. The van der Waals surface area contributed by atoms with Crippen molar-refractivity contribution in [2.75, 3.05) is 6.54 Å². The molecular formula is C20H23N3O4. The highest BCUT2D eigenvalue weighted by Crippen LogP contribution is 2.28. The van der Waals surface area contributed by atoms with E-state index < -0.39 is 12.1 Å². The normalized spacial score (nSPS) is 18.8. The van der Waals surface area contributed by atoms with Crippen LogP contribution in [0.3, 0.4) is 0 Å². The average molecular weight is 369 g/mol. The number of carboxylic acid groups (broad SMARTS) is 1. The largest absolute Gasteiger partial charge is 0.481 e. The van der Waals surface area contributed by atoms with Crippen LogP contribution in [0.25, 0.3) is 0 Å². The van der Waals surface area contributed by atoms with Gasteiger partial charge in [0.2, 0.25) is 0 Å². The van der Waals surface area contributed by atoms with Crippen LogP contribution in [0.2, 0.25) is 0 Å². The molecule has 27 heavy (non-hydrogen) atoms. The Hall–Kier alpha value is -2.83. The van der Waals surface area contributed by atoms with Crippen molar-refractivity contribution in [3.63, 3.8) is 0 Å². The van der Waals surface area contributed by atoms with Gasteiger partial charge in [0, 0.05) is 19.5 Å². The molecule has 2 aliphatic rings. The molecule has 1 atom stereocenters. The van der Waals surface area contributed by atoms with Crippen molar-refractivity contribution in [1.82, 2.24) is 14.7 Å². The predicted molar refractivity (Wildman–Crippen MR) is 97.4 cm³/mol. The highest BCUT2D eigenvalue weighted by atomic mass is 16.5. The van der Waals surface area contributed by atoms with E-state index in [0.717, 1.165) is 42.1 Å². The van der Waals surface area contributed by atoms with Gasteiger partial charge in [-0.2, -0.15) is 5.10 Å². The Labute approximate surface area is 157 Å². The molecule has 0 spiro atoms. The topological polar surface area (TPSA) is 84.7 Å². The number of aryl methyl sites for hydroxylation is 3. The van der Waals surface area contributed by atoms with Gasteiger partial charge in [0.25, 0.3) is 5.91 Å². The number of carbonyl (C=O) groups is 2. The van der Waals surface area contributed by atoms with E-state index in [4.69, 9.17) is 9.84 Å². The maximum Gasteiger partial charge on any atom is 0.303 e. The molecule has 0 saturated carbocycles. The first-order chi connectivity index (χ1) is 13.1. The fraction of sp³-hybridized carbons (Fsp3) is 0.450. The van der Waals surface area contributed by atoms with Crippen LogP contribution in [-0.4, -0.2) is 44.3 Å². The second-order valence-electron chi connectivity index (χ2n) is 7.11. The maximum atomic E-state index is 13.0. The number of aliphatic carboxylic acids is 1. The third-order valence-corrected chi connectivity index (χ3v) is 5.16. The Bertz CT molecular complexity index is 861. The smallest absolute Gasteiger partial charge is 0.303 e. The van der Waals surface area contributed by atoms with Crippen LogP contribution in [0.4, 0.5) is 0 Å². The highest BCUT2D eigenvalue weighted by Gasteiger charge is 2.31. The Morgan fingerprint density at radius 1 is 1.26 bits per heavy atom. The van der Waals surface area contributed by atoms with Crippen molar-refractivity contribution < 1.29 is 19.4 Å². The molecule has 0 radical (unpaired) electrons. The van der Waals surface area contributed by atoms with Crippen LogP contribution in [0, 0.1) is 0 Å². The van der Waals surface area contributed by atoms with Gasteiger partial charge >= 0.3 is 5.97 Å². The summed E-state index contributed by atoms with van der Waals surface area (Å²) in [6.07, 6.45) is 2.39. The van der Waals surface area contributed by atoms with Gasteiger partial charge in [0.1, 0.15) is 5.75 Å². The zero-order valence-electron chi connectivity index (χ0n) is 15.1. The monoisotopic (exact) mass is 369 g/mol. The number of aromatic nitrogens is 2. The minimum absolute atomic E-state index is 0.0197. The van der Waals surface area contributed by atoms with Gasteiger partial charge in [-0.05, 0) is 37.0 Å². The molecule has 0 aliphatic carbocycles. The third-order valence-electron chi connectivity index (χ3n) is 5.16. The molecular weight excluding hydrogens is 346 g/mol. The van der Waals surface area contributed by atoms with Gasteiger partial charge in [0.15, 0.2) is 6.10 Å². The molecule has 1 aromatic carbocycles. The summed E-state index contributed by atoms with van der Waals surface area (Å²) in [6.45, 7) is 1.90. The summed E-state index contributed by atoms with van der Waals surface area (Å²) in [6, 6.07) is 9.79. The van der Waals surface area contributed by atoms with Gasteiger partial charge in [-0.15, -0.1) is 0 Å². The Kier molecular flexibility index (Phi) is 4.83. The number of amides is 1. The van der Waals surface area contributed by atoms with Crippen LogP contribution in [0.5, 0.6) is 5.75 Å². The predicted octanol–water partition coefficient (Wildman–Crippen LogP) is 2.03. The molecule has 3 heterocycles. The number of hydrogen-bond acceptors (Lipinski definition) is 4. The van der Waals surface area contributed by atoms with Crippen LogP contribution in [0.1, 0.15) is 36.2 Å². The third kappa shape index (κ3) is 3.82. The lowest BCUT2D eigenvalue weighted by atomic mass is 10.0. The summed E-state index contributed by atoms with van der Waals surface area (Å²) in [4.78, 5) is 25.7. The molecule has 7 heteroatoms. The first kappa shape index (κ1) is 17.6. The number of nitrogens with zero attached hydrogens (tertiary/aromatic N) is 3. The SMILES string of the molecule is O=C(O)CCc1cc2n(n1)CCCN(C(=O)C1CCc3ccccc3O1)C2. The first-order valence-electron chi connectivity index (χ1n) is 9.41. The lowest BCUT2D eigenvalue weighted by molar-refractivity contribution is -0.140. The lowest BCUT2D eigenvalue weighted by Gasteiger charge is -2.30. The number of carbonyl (C=O) groups excluding carboxylic acids is 1. The Morgan fingerprint density at radius 2 is 2.11 bits per heavy atom. The average Bonchev–Trinajstić information content (AvgIpc) is 2.95. The van der Waals surface area contributed by atoms with E-state index in [0.29, 0.717) is 25.9 Å². The van der Waals surface area contributed by atoms with E-state index in [1.807, 2.05) is 39.9 Å². The number of hydrogen-bond donors (Lipinski definition) is 1. The van der Waals surface area contributed by atoms with Gasteiger partial charge in [-0.1, -0.05) is 18.2 Å².